The number of ketones is 1. The molecule has 8 nitrogen and oxygen atoms in total. The maximum atomic E-state index is 13.3. The molecule has 0 saturated heterocycles. The summed E-state index contributed by atoms with van der Waals surface area (Å²) in [6.07, 6.45) is 2.41. The molecule has 2 N–H and O–H groups in total. The van der Waals surface area contributed by atoms with Gasteiger partial charge in [0.05, 0.1) is 13.7 Å². The molecule has 4 rings (SSSR count). The lowest BCUT2D eigenvalue weighted by atomic mass is 9.73. The van der Waals surface area contributed by atoms with E-state index < -0.39 is 6.04 Å². The maximum absolute atomic E-state index is 13.3. The van der Waals surface area contributed by atoms with Crippen molar-refractivity contribution in [3.63, 3.8) is 0 Å². The molecule has 166 valence electrons. The van der Waals surface area contributed by atoms with Gasteiger partial charge in [-0.3, -0.25) is 4.79 Å². The highest BCUT2D eigenvalue weighted by Gasteiger charge is 2.42. The average Bonchev–Trinajstić information content (AvgIpc) is 3.12. The molecular formula is C23H30N4O4. The van der Waals surface area contributed by atoms with E-state index in [0.29, 0.717) is 49.1 Å². The van der Waals surface area contributed by atoms with Crippen molar-refractivity contribution in [2.75, 3.05) is 25.6 Å². The number of Topliss-reactive ketones (excluding diaryl/α,β-unsaturated/α-hetero) is 1. The topological polar surface area (TPSA) is 98.5 Å². The lowest BCUT2D eigenvalue weighted by Gasteiger charge is -2.38. The Morgan fingerprint density at radius 3 is 2.81 bits per heavy atom. The van der Waals surface area contributed by atoms with Gasteiger partial charge in [0.2, 0.25) is 5.95 Å². The van der Waals surface area contributed by atoms with Crippen molar-refractivity contribution in [1.82, 2.24) is 14.8 Å². The van der Waals surface area contributed by atoms with Crippen molar-refractivity contribution in [2.24, 2.45) is 5.41 Å². The molecular weight excluding hydrogens is 396 g/mol. The van der Waals surface area contributed by atoms with Gasteiger partial charge >= 0.3 is 0 Å². The number of ether oxygens (including phenoxy) is 2. The second kappa shape index (κ2) is 8.34. The highest BCUT2D eigenvalue weighted by Crippen LogP contribution is 2.46. The third-order valence-electron chi connectivity index (χ3n) is 5.74. The summed E-state index contributed by atoms with van der Waals surface area (Å²) >= 11 is 0. The first-order chi connectivity index (χ1) is 14.9. The number of hydrogen-bond donors (Lipinski definition) is 2. The number of nitrogens with one attached hydrogen (secondary N) is 1. The van der Waals surface area contributed by atoms with Gasteiger partial charge in [-0.25, -0.2) is 4.68 Å². The minimum Gasteiger partial charge on any atom is -0.493 e. The maximum Gasteiger partial charge on any atom is 0.226 e. The van der Waals surface area contributed by atoms with Crippen LogP contribution < -0.4 is 14.8 Å². The van der Waals surface area contributed by atoms with Crippen molar-refractivity contribution >= 4 is 11.7 Å². The van der Waals surface area contributed by atoms with Crippen molar-refractivity contribution in [2.45, 2.75) is 52.5 Å². The van der Waals surface area contributed by atoms with Gasteiger partial charge in [-0.15, -0.1) is 0 Å². The minimum absolute atomic E-state index is 0.0816. The summed E-state index contributed by atoms with van der Waals surface area (Å²) < 4.78 is 13.0. The van der Waals surface area contributed by atoms with E-state index in [1.165, 1.54) is 0 Å². The van der Waals surface area contributed by atoms with Gasteiger partial charge < -0.3 is 19.9 Å². The van der Waals surface area contributed by atoms with Crippen LogP contribution in [0.4, 0.5) is 5.95 Å². The molecule has 31 heavy (non-hydrogen) atoms. The van der Waals surface area contributed by atoms with Gasteiger partial charge in [-0.1, -0.05) is 19.9 Å². The highest BCUT2D eigenvalue weighted by atomic mass is 16.5. The van der Waals surface area contributed by atoms with Crippen LogP contribution in [0.25, 0.3) is 0 Å². The molecule has 2 aromatic rings. The largest absolute Gasteiger partial charge is 0.493 e. The zero-order valence-electron chi connectivity index (χ0n) is 18.6. The van der Waals surface area contributed by atoms with Crippen molar-refractivity contribution < 1.29 is 19.4 Å². The lowest BCUT2D eigenvalue weighted by Crippen LogP contribution is -2.36. The van der Waals surface area contributed by atoms with Gasteiger partial charge in [0.25, 0.3) is 0 Å². The molecule has 1 atom stereocenters. The Morgan fingerprint density at radius 2 is 2.10 bits per heavy atom. The number of nitrogens with zero attached hydrogens (tertiary/aromatic N) is 3. The first-order valence-electron chi connectivity index (χ1n) is 10.8. The summed E-state index contributed by atoms with van der Waals surface area (Å²) in [5, 5.41) is 17.3. The number of carbonyl (C=O) groups is 1. The lowest BCUT2D eigenvalue weighted by molar-refractivity contribution is -0.118. The zero-order valence-corrected chi connectivity index (χ0v) is 18.6. The Bertz CT molecular complexity index is 1020. The number of benzene rings is 1. The van der Waals surface area contributed by atoms with E-state index in [2.05, 4.69) is 24.1 Å². The van der Waals surface area contributed by atoms with Crippen LogP contribution in [-0.2, 0) is 11.2 Å². The summed E-state index contributed by atoms with van der Waals surface area (Å²) in [5.41, 5.74) is 2.41. The Balaban J connectivity index is 1.84. The average molecular weight is 427 g/mol. The summed E-state index contributed by atoms with van der Waals surface area (Å²) in [4.78, 5) is 17.9. The number of allylic oxidation sites excluding steroid dienone is 2. The normalized spacial score (nSPS) is 19.5. The van der Waals surface area contributed by atoms with E-state index in [4.69, 9.17) is 14.6 Å². The molecule has 2 heterocycles. The van der Waals surface area contributed by atoms with Crippen LogP contribution in [0.2, 0.25) is 0 Å². The van der Waals surface area contributed by atoms with E-state index in [0.717, 1.165) is 23.3 Å². The molecule has 1 aliphatic heterocycles. The molecule has 1 aromatic heterocycles. The van der Waals surface area contributed by atoms with Gasteiger partial charge in [-0.05, 0) is 42.9 Å². The Morgan fingerprint density at radius 1 is 1.29 bits per heavy atom. The molecule has 1 aliphatic carbocycles. The van der Waals surface area contributed by atoms with Crippen LogP contribution in [0.15, 0.2) is 29.5 Å². The summed E-state index contributed by atoms with van der Waals surface area (Å²) in [6, 6.07) is 5.35. The van der Waals surface area contributed by atoms with Gasteiger partial charge in [-0.2, -0.15) is 10.1 Å². The van der Waals surface area contributed by atoms with Crippen LogP contribution in [0.3, 0.4) is 0 Å². The third-order valence-corrected chi connectivity index (χ3v) is 5.74. The molecule has 0 bridgehead atoms. The number of hydrogen-bond acceptors (Lipinski definition) is 7. The van der Waals surface area contributed by atoms with E-state index in [1.807, 2.05) is 25.1 Å². The number of anilines is 1. The highest BCUT2D eigenvalue weighted by molar-refractivity contribution is 6.00. The summed E-state index contributed by atoms with van der Waals surface area (Å²) in [7, 11) is 1.61. The number of aliphatic hydroxyl groups is 1. The molecule has 8 heteroatoms. The van der Waals surface area contributed by atoms with Crippen LogP contribution in [0, 0.1) is 5.41 Å². The van der Waals surface area contributed by atoms with E-state index in [1.54, 1.807) is 11.8 Å². The number of aliphatic hydroxyl groups excluding tert-OH is 1. The first-order valence-corrected chi connectivity index (χ1v) is 10.8. The fourth-order valence-corrected chi connectivity index (χ4v) is 4.43. The number of fused-ring (bicyclic) bond motifs is 1. The Kier molecular flexibility index (Phi) is 5.75. The van der Waals surface area contributed by atoms with Crippen LogP contribution in [0.5, 0.6) is 11.5 Å². The van der Waals surface area contributed by atoms with Crippen molar-refractivity contribution in [3.8, 4) is 11.5 Å². The standard InChI is InChI=1S/C23H30N4O4/c1-5-31-17-9-8-14(11-18(17)30-4)21-20-15(12-23(2,3)13-16(20)29)24-22-25-19(7-6-10-28)26-27(21)22/h8-9,11,21,28H,5-7,10,12-13H2,1-4H3,(H,24,25,26). The van der Waals surface area contributed by atoms with Crippen LogP contribution >= 0.6 is 0 Å². The Hall–Kier alpha value is -2.87. The fraction of sp³-hybridized carbons (Fsp3) is 0.522. The van der Waals surface area contributed by atoms with Crippen molar-refractivity contribution in [1.29, 1.82) is 0 Å². The summed E-state index contributed by atoms with van der Waals surface area (Å²) in [6.45, 7) is 6.76. The number of aryl methyl sites for hydroxylation is 1. The number of methoxy groups -OCH3 is 1. The fourth-order valence-electron chi connectivity index (χ4n) is 4.43. The number of aromatic nitrogens is 3. The number of rotatable bonds is 7. The predicted octanol–water partition coefficient (Wildman–Crippen LogP) is 3.27. The summed E-state index contributed by atoms with van der Waals surface area (Å²) in [5.74, 6) is 2.66. The molecule has 0 fully saturated rings. The second-order valence-electron chi connectivity index (χ2n) is 8.83. The van der Waals surface area contributed by atoms with Gasteiger partial charge in [0.1, 0.15) is 6.04 Å². The number of carbonyl (C=O) groups excluding carboxylic acids is 1. The Labute approximate surface area is 182 Å². The first kappa shape index (κ1) is 21.4. The van der Waals surface area contributed by atoms with Crippen LogP contribution in [0.1, 0.15) is 57.5 Å². The van der Waals surface area contributed by atoms with Gasteiger partial charge in [0.15, 0.2) is 23.1 Å². The molecule has 1 unspecified atom stereocenters. The molecule has 0 saturated carbocycles. The SMILES string of the molecule is CCOc1ccc(C2C3=C(CC(C)(C)CC3=O)Nc3nc(CCCO)nn32)cc1OC. The molecule has 0 amide bonds. The monoisotopic (exact) mass is 426 g/mol. The van der Waals surface area contributed by atoms with Crippen molar-refractivity contribution in [3.05, 3.63) is 40.9 Å². The zero-order chi connectivity index (χ0) is 22.2. The van der Waals surface area contributed by atoms with Gasteiger partial charge in [0, 0.05) is 30.7 Å². The molecule has 1 aromatic carbocycles. The third kappa shape index (κ3) is 4.04. The smallest absolute Gasteiger partial charge is 0.226 e. The molecule has 2 aliphatic rings. The molecule has 0 spiro atoms. The second-order valence-corrected chi connectivity index (χ2v) is 8.83. The minimum atomic E-state index is -0.394. The van der Waals surface area contributed by atoms with E-state index >= 15 is 0 Å². The van der Waals surface area contributed by atoms with Crippen LogP contribution in [-0.4, -0.2) is 46.0 Å². The predicted molar refractivity (Wildman–Crippen MR) is 116 cm³/mol. The van der Waals surface area contributed by atoms with E-state index in [9.17, 15) is 9.90 Å². The molecule has 0 radical (unpaired) electrons. The van der Waals surface area contributed by atoms with E-state index in [-0.39, 0.29) is 17.8 Å². The quantitative estimate of drug-likeness (QED) is 0.701.